The van der Waals surface area contributed by atoms with Crippen LogP contribution in [0.15, 0.2) is 77.7 Å². The van der Waals surface area contributed by atoms with Crippen LogP contribution in [0.3, 0.4) is 0 Å². The van der Waals surface area contributed by atoms with Gasteiger partial charge in [0.15, 0.2) is 9.84 Å². The smallest absolute Gasteiger partial charge is 0.379 e. The van der Waals surface area contributed by atoms with Gasteiger partial charge in [0.1, 0.15) is 0 Å². The van der Waals surface area contributed by atoms with Gasteiger partial charge in [0, 0.05) is 48.4 Å². The van der Waals surface area contributed by atoms with Crippen molar-refractivity contribution in [3.8, 4) is 11.3 Å². The highest BCUT2D eigenvalue weighted by molar-refractivity contribution is 7.90. The maximum atomic E-state index is 14.4. The van der Waals surface area contributed by atoms with Gasteiger partial charge in [-0.2, -0.15) is 13.2 Å². The van der Waals surface area contributed by atoms with Crippen molar-refractivity contribution in [1.82, 2.24) is 20.1 Å². The van der Waals surface area contributed by atoms with Crippen LogP contribution in [0.25, 0.3) is 22.2 Å². The van der Waals surface area contributed by atoms with Crippen molar-refractivity contribution in [2.75, 3.05) is 45.6 Å². The minimum atomic E-state index is -4.51. The summed E-state index contributed by atoms with van der Waals surface area (Å²) >= 11 is 0. The van der Waals surface area contributed by atoms with E-state index in [2.05, 4.69) is 15.1 Å². The topological polar surface area (TPSA) is 91.8 Å². The number of benzene rings is 3. The van der Waals surface area contributed by atoms with Gasteiger partial charge in [0.2, 0.25) is 0 Å². The fourth-order valence-electron chi connectivity index (χ4n) is 6.68. The molecule has 0 aliphatic carbocycles. The number of sulfone groups is 1. The van der Waals surface area contributed by atoms with Crippen molar-refractivity contribution in [2.24, 2.45) is 0 Å². The normalized spacial score (nSPS) is 17.8. The average Bonchev–Trinajstić information content (AvgIpc) is 3.08. The molecule has 254 valence electrons. The number of pyridine rings is 1. The number of likely N-dealkylation sites (tertiary alicyclic amines) is 1. The number of piperidine rings is 1. The number of fused-ring (bicyclic) bond motifs is 1. The summed E-state index contributed by atoms with van der Waals surface area (Å²) in [5, 5.41) is 3.46. The van der Waals surface area contributed by atoms with E-state index in [-0.39, 0.29) is 16.5 Å². The monoisotopic (exact) mass is 680 g/mol. The van der Waals surface area contributed by atoms with Crippen LogP contribution in [0.2, 0.25) is 0 Å². The Morgan fingerprint density at radius 1 is 0.979 bits per heavy atom. The Morgan fingerprint density at radius 3 is 2.27 bits per heavy atom. The van der Waals surface area contributed by atoms with Gasteiger partial charge in [-0.25, -0.2) is 13.4 Å². The van der Waals surface area contributed by atoms with E-state index in [0.717, 1.165) is 76.2 Å². The van der Waals surface area contributed by atoms with Gasteiger partial charge in [-0.3, -0.25) is 14.6 Å². The van der Waals surface area contributed by atoms with Crippen LogP contribution in [0.5, 0.6) is 0 Å². The quantitative estimate of drug-likeness (QED) is 0.240. The van der Waals surface area contributed by atoms with E-state index in [1.54, 1.807) is 6.07 Å². The van der Waals surface area contributed by atoms with Crippen molar-refractivity contribution in [3.05, 3.63) is 95.1 Å². The zero-order chi connectivity index (χ0) is 34.1. The van der Waals surface area contributed by atoms with Gasteiger partial charge < -0.3 is 10.1 Å². The molecule has 12 heteroatoms. The molecule has 0 unspecified atom stereocenters. The lowest BCUT2D eigenvalue weighted by Gasteiger charge is -2.40. The van der Waals surface area contributed by atoms with Crippen LogP contribution in [0.4, 0.5) is 13.2 Å². The summed E-state index contributed by atoms with van der Waals surface area (Å²) in [6, 6.07) is 18.8. The van der Waals surface area contributed by atoms with Gasteiger partial charge in [-0.05, 0) is 68.8 Å². The van der Waals surface area contributed by atoms with Crippen molar-refractivity contribution >= 4 is 26.6 Å². The number of nitrogens with one attached hydrogen (secondary N) is 1. The van der Waals surface area contributed by atoms with E-state index < -0.39 is 27.5 Å². The molecule has 1 amide bonds. The summed E-state index contributed by atoms with van der Waals surface area (Å²) < 4.78 is 71.4. The van der Waals surface area contributed by atoms with Crippen LogP contribution in [-0.4, -0.2) is 80.8 Å². The average molecular weight is 681 g/mol. The van der Waals surface area contributed by atoms with Crippen LogP contribution in [-0.2, 0) is 27.3 Å². The highest BCUT2D eigenvalue weighted by atomic mass is 32.2. The zero-order valence-electron chi connectivity index (χ0n) is 27.0. The van der Waals surface area contributed by atoms with Gasteiger partial charge in [-0.1, -0.05) is 42.5 Å². The summed E-state index contributed by atoms with van der Waals surface area (Å²) in [6.07, 6.45) is -1.57. The molecular formula is C36H39F3N4O4S. The molecule has 6 rings (SSSR count). The first kappa shape index (κ1) is 34.0. The number of carbonyl (C=O) groups excluding carboxylic acids is 1. The molecule has 0 bridgehead atoms. The highest BCUT2D eigenvalue weighted by Gasteiger charge is 2.32. The number of hydrogen-bond acceptors (Lipinski definition) is 7. The molecule has 1 aromatic heterocycles. The zero-order valence-corrected chi connectivity index (χ0v) is 27.8. The summed E-state index contributed by atoms with van der Waals surface area (Å²) in [5.41, 5.74) is 2.08. The molecule has 0 radical (unpaired) electrons. The molecule has 0 spiro atoms. The first-order valence-electron chi connectivity index (χ1n) is 16.1. The molecule has 3 heterocycles. The van der Waals surface area contributed by atoms with Gasteiger partial charge in [0.05, 0.1) is 46.5 Å². The number of morpholine rings is 1. The van der Waals surface area contributed by atoms with Crippen molar-refractivity contribution in [2.45, 2.75) is 49.5 Å². The Bertz CT molecular complexity index is 1870. The lowest BCUT2D eigenvalue weighted by Crippen LogP contribution is -2.48. The number of amides is 1. The number of rotatable bonds is 8. The number of alkyl halides is 3. The van der Waals surface area contributed by atoms with E-state index in [9.17, 15) is 26.4 Å². The molecule has 2 fully saturated rings. The van der Waals surface area contributed by atoms with E-state index in [1.807, 2.05) is 37.3 Å². The number of halogens is 3. The fraction of sp³-hybridized carbons (Fsp3) is 0.389. The Labute approximate surface area is 278 Å². The third kappa shape index (κ3) is 7.57. The van der Waals surface area contributed by atoms with Gasteiger partial charge >= 0.3 is 6.18 Å². The van der Waals surface area contributed by atoms with Crippen LogP contribution >= 0.6 is 0 Å². The Kier molecular flexibility index (Phi) is 9.89. The molecule has 1 N–H and O–H groups in total. The first-order chi connectivity index (χ1) is 22.9. The van der Waals surface area contributed by atoms with E-state index in [0.29, 0.717) is 40.3 Å². The van der Waals surface area contributed by atoms with Gasteiger partial charge in [0.25, 0.3) is 5.91 Å². The van der Waals surface area contributed by atoms with Crippen LogP contribution in [0.1, 0.15) is 52.9 Å². The number of ether oxygens (including phenoxy) is 1. The second-order valence-electron chi connectivity index (χ2n) is 12.6. The molecule has 3 aromatic carbocycles. The third-order valence-corrected chi connectivity index (χ3v) is 10.5. The largest absolute Gasteiger partial charge is 0.416 e. The summed E-state index contributed by atoms with van der Waals surface area (Å²) in [4.78, 5) is 24.1. The predicted octanol–water partition coefficient (Wildman–Crippen LogP) is 6.11. The standard InChI is InChI=1S/C36H39F3N4O4S/c1-24(25-6-4-3-5-7-25)40-35(44)33-30-22-29(48(2,45)46)12-13-32(30)41-34(26-8-10-27(11-9-26)36(37,38)39)31(33)23-42-16-14-28(15-17-42)43-18-20-47-21-19-43/h3-13,22,24,28H,14-21,23H2,1-2H3,(H,40,44)/t24-/m0/s1. The molecule has 48 heavy (non-hydrogen) atoms. The number of aromatic nitrogens is 1. The SMILES string of the molecule is C[C@H](NC(=O)c1c(CN2CCC(N3CCOCC3)CC2)c(-c2ccc(C(F)(F)F)cc2)nc2ccc(S(C)(=O)=O)cc12)c1ccccc1. The van der Waals surface area contributed by atoms with Crippen LogP contribution < -0.4 is 5.32 Å². The summed E-state index contributed by atoms with van der Waals surface area (Å²) in [6.45, 7) is 6.89. The molecule has 2 saturated heterocycles. The molecule has 0 saturated carbocycles. The fourth-order valence-corrected chi connectivity index (χ4v) is 7.33. The van der Waals surface area contributed by atoms with E-state index >= 15 is 0 Å². The van der Waals surface area contributed by atoms with E-state index in [1.165, 1.54) is 24.3 Å². The lowest BCUT2D eigenvalue weighted by molar-refractivity contribution is -0.137. The maximum Gasteiger partial charge on any atom is 0.416 e. The van der Waals surface area contributed by atoms with Crippen molar-refractivity contribution in [3.63, 3.8) is 0 Å². The third-order valence-electron chi connectivity index (χ3n) is 9.35. The second-order valence-corrected chi connectivity index (χ2v) is 14.6. The molecule has 2 aliphatic heterocycles. The second kappa shape index (κ2) is 13.9. The van der Waals surface area contributed by atoms with Gasteiger partial charge in [-0.15, -0.1) is 0 Å². The molecule has 8 nitrogen and oxygen atoms in total. The molecule has 2 aliphatic rings. The van der Waals surface area contributed by atoms with Crippen LogP contribution in [0, 0.1) is 0 Å². The minimum Gasteiger partial charge on any atom is -0.379 e. The predicted molar refractivity (Wildman–Crippen MR) is 178 cm³/mol. The lowest BCUT2D eigenvalue weighted by atomic mass is 9.93. The maximum absolute atomic E-state index is 14.4. The summed E-state index contributed by atoms with van der Waals surface area (Å²) in [7, 11) is -3.63. The van der Waals surface area contributed by atoms with E-state index in [4.69, 9.17) is 9.72 Å². The number of hydrogen-bond donors (Lipinski definition) is 1. The highest BCUT2D eigenvalue weighted by Crippen LogP contribution is 2.36. The Hall–Kier alpha value is -3.84. The first-order valence-corrected chi connectivity index (χ1v) is 18.0. The Morgan fingerprint density at radius 2 is 1.65 bits per heavy atom. The number of carbonyl (C=O) groups is 1. The van der Waals surface area contributed by atoms with Crippen molar-refractivity contribution < 1.29 is 31.1 Å². The minimum absolute atomic E-state index is 0.0431. The van der Waals surface area contributed by atoms with Crippen molar-refractivity contribution in [1.29, 1.82) is 0 Å². The Balaban J connectivity index is 1.46. The molecule has 1 atom stereocenters. The molecular weight excluding hydrogens is 641 g/mol. The summed E-state index contributed by atoms with van der Waals surface area (Å²) in [5.74, 6) is -0.421. The number of nitrogens with zero attached hydrogens (tertiary/aromatic N) is 3. The molecule has 4 aromatic rings.